The van der Waals surface area contributed by atoms with Gasteiger partial charge >= 0.3 is 21.1 Å². The maximum Gasteiger partial charge on any atom is 4.00 e. The third-order valence-electron chi connectivity index (χ3n) is 0.269. The van der Waals surface area contributed by atoms with E-state index >= 15 is 0 Å². The second-order valence-corrected chi connectivity index (χ2v) is 1.04. The minimum Gasteiger partial charge on any atom is -0.679 e. The first kappa shape index (κ1) is 22.4. The SMILES string of the molecule is [CH3-].[NH-]CCN.[NH-]CC[NH-].[Pt+4]. The molecule has 0 rings (SSSR count). The molecule has 0 spiro atoms. The molecule has 0 heterocycles. The third-order valence-corrected chi connectivity index (χ3v) is 0.269. The van der Waals surface area contributed by atoms with Crippen LogP contribution in [0.2, 0.25) is 0 Å². The minimum absolute atomic E-state index is 0. The standard InChI is InChI=1S/C2H7N2.C2H6N2.CH3.Pt/c2*3-1-2-4;;/h3H,1-2,4H2;3-4H,1-2H2;1H3;/q-1;-2;-1;+4. The topological polar surface area (TPSA) is 97.4 Å². The van der Waals surface area contributed by atoms with Gasteiger partial charge < -0.3 is 30.4 Å². The Bertz CT molecular complexity index is 21.6. The molecule has 0 bridgehead atoms. The Hall–Kier alpha value is 0.528. The van der Waals surface area contributed by atoms with Gasteiger partial charge in [-0.25, -0.2) is 0 Å². The van der Waals surface area contributed by atoms with Gasteiger partial charge in [0.1, 0.15) is 0 Å². The molecule has 0 aromatic heterocycles. The van der Waals surface area contributed by atoms with Crippen LogP contribution < -0.4 is 5.73 Å². The Morgan fingerprint density at radius 3 is 1.10 bits per heavy atom. The summed E-state index contributed by atoms with van der Waals surface area (Å²) < 4.78 is 0. The van der Waals surface area contributed by atoms with Crippen LogP contribution in [0.15, 0.2) is 0 Å². The Kier molecular flexibility index (Phi) is 75.8. The van der Waals surface area contributed by atoms with Crippen LogP contribution >= 0.6 is 0 Å². The van der Waals surface area contributed by atoms with E-state index in [0.717, 1.165) is 0 Å². The zero-order valence-corrected chi connectivity index (χ0v) is 8.49. The van der Waals surface area contributed by atoms with Crippen molar-refractivity contribution in [2.45, 2.75) is 0 Å². The van der Waals surface area contributed by atoms with Crippen molar-refractivity contribution in [3.8, 4) is 0 Å². The fourth-order valence-electron chi connectivity index (χ4n) is 0. The average molecular weight is 327 g/mol. The number of hydrogen-bond acceptors (Lipinski definition) is 1. The molecule has 0 radical (unpaired) electrons. The summed E-state index contributed by atoms with van der Waals surface area (Å²) in [6.45, 7) is 1.31. The molecule has 0 aliphatic carbocycles. The fraction of sp³-hybridized carbons (Fsp3) is 0.800. The Balaban J connectivity index is -0.0000000300. The molecular weight excluding hydrogens is 311 g/mol. The quantitative estimate of drug-likeness (QED) is 0.765. The van der Waals surface area contributed by atoms with Gasteiger partial charge in [0.2, 0.25) is 0 Å². The molecule has 0 aliphatic rings. The van der Waals surface area contributed by atoms with Gasteiger partial charge in [-0.1, -0.05) is 0 Å². The van der Waals surface area contributed by atoms with E-state index in [0.29, 0.717) is 13.1 Å². The van der Waals surface area contributed by atoms with E-state index in [9.17, 15) is 0 Å². The number of nitrogens with one attached hydrogen (secondary N) is 3. The van der Waals surface area contributed by atoms with Gasteiger partial charge in [0.05, 0.1) is 0 Å². The molecule has 0 saturated heterocycles. The van der Waals surface area contributed by atoms with Gasteiger partial charge in [-0.05, 0) is 6.54 Å². The van der Waals surface area contributed by atoms with Crippen molar-refractivity contribution in [2.75, 3.05) is 26.2 Å². The number of hydrogen-bond donors (Lipinski definition) is 1. The first-order chi connectivity index (χ1) is 3.83. The molecule has 66 valence electrons. The summed E-state index contributed by atoms with van der Waals surface area (Å²) >= 11 is 0. The van der Waals surface area contributed by atoms with Gasteiger partial charge in [0.15, 0.2) is 0 Å². The number of nitrogens with two attached hydrogens (primary N) is 1. The van der Waals surface area contributed by atoms with Crippen LogP contribution in [0.4, 0.5) is 0 Å². The summed E-state index contributed by atoms with van der Waals surface area (Å²) in [4.78, 5) is 0. The molecule has 5 heteroatoms. The molecule has 0 aromatic rings. The van der Waals surface area contributed by atoms with Crippen molar-refractivity contribution in [1.29, 1.82) is 0 Å². The third kappa shape index (κ3) is 75.6. The van der Waals surface area contributed by atoms with Crippen LogP contribution in [-0.4, -0.2) is 26.2 Å². The molecule has 4 nitrogen and oxygen atoms in total. The Labute approximate surface area is 78.0 Å². The molecule has 0 atom stereocenters. The van der Waals surface area contributed by atoms with Crippen LogP contribution in [-0.2, 0) is 21.1 Å². The summed E-state index contributed by atoms with van der Waals surface area (Å²) in [7, 11) is 0. The fourth-order valence-corrected chi connectivity index (χ4v) is 0. The van der Waals surface area contributed by atoms with Gasteiger partial charge in [-0.2, -0.15) is 13.1 Å². The normalized spacial score (nSPS) is 6.00. The van der Waals surface area contributed by atoms with Gasteiger partial charge in [-0.15, -0.1) is 6.54 Å². The van der Waals surface area contributed by atoms with E-state index in [1.54, 1.807) is 0 Å². The van der Waals surface area contributed by atoms with E-state index in [4.69, 9.17) is 22.9 Å². The van der Waals surface area contributed by atoms with Crippen LogP contribution in [0, 0.1) is 7.43 Å². The number of rotatable bonds is 2. The molecule has 0 amide bonds. The van der Waals surface area contributed by atoms with Crippen LogP contribution in [0.1, 0.15) is 0 Å². The van der Waals surface area contributed by atoms with E-state index in [1.165, 1.54) is 0 Å². The molecule has 5 N–H and O–H groups in total. The van der Waals surface area contributed by atoms with Crippen LogP contribution in [0.3, 0.4) is 0 Å². The molecule has 0 aliphatic heterocycles. The first-order valence-electron chi connectivity index (χ1n) is 2.47. The summed E-state index contributed by atoms with van der Waals surface area (Å²) in [5.41, 5.74) is 23.7. The van der Waals surface area contributed by atoms with Crippen molar-refractivity contribution in [2.24, 2.45) is 5.73 Å². The second kappa shape index (κ2) is 33.8. The predicted molar refractivity (Wildman–Crippen MR) is 43.0 cm³/mol. The molecule has 0 aromatic carbocycles. The van der Waals surface area contributed by atoms with Gasteiger partial charge in [0.25, 0.3) is 0 Å². The zero-order chi connectivity index (χ0) is 6.83. The zero-order valence-electron chi connectivity index (χ0n) is 6.22. The smallest absolute Gasteiger partial charge is 0.679 e. The molecular formula is C5H16N4Pt. The van der Waals surface area contributed by atoms with E-state index < -0.39 is 0 Å². The largest absolute Gasteiger partial charge is 4.00 e. The van der Waals surface area contributed by atoms with E-state index in [1.807, 2.05) is 0 Å². The molecule has 0 fully saturated rings. The predicted octanol–water partition coefficient (Wildman–Crippen LogP) is 1.54. The van der Waals surface area contributed by atoms with Crippen LogP contribution in [0.5, 0.6) is 0 Å². The Morgan fingerprint density at radius 2 is 1.10 bits per heavy atom. The van der Waals surface area contributed by atoms with E-state index in [2.05, 4.69) is 0 Å². The molecule has 0 unspecified atom stereocenters. The maximum atomic E-state index is 6.33. The van der Waals surface area contributed by atoms with Crippen molar-refractivity contribution in [3.63, 3.8) is 0 Å². The van der Waals surface area contributed by atoms with Gasteiger partial charge in [-0.3, -0.25) is 0 Å². The van der Waals surface area contributed by atoms with Crippen LogP contribution in [0.25, 0.3) is 17.2 Å². The summed E-state index contributed by atoms with van der Waals surface area (Å²) in [5.74, 6) is 0. The Morgan fingerprint density at radius 1 is 0.900 bits per heavy atom. The molecule has 0 saturated carbocycles. The second-order valence-electron chi connectivity index (χ2n) is 1.04. The minimum atomic E-state index is 0. The summed E-state index contributed by atoms with van der Waals surface area (Å²) in [6, 6.07) is 0. The monoisotopic (exact) mass is 327 g/mol. The molecule has 10 heavy (non-hydrogen) atoms. The van der Waals surface area contributed by atoms with Gasteiger partial charge in [0, 0.05) is 0 Å². The van der Waals surface area contributed by atoms with Crippen molar-refractivity contribution >= 4 is 0 Å². The van der Waals surface area contributed by atoms with E-state index in [-0.39, 0.29) is 41.6 Å². The summed E-state index contributed by atoms with van der Waals surface area (Å²) in [5, 5.41) is 0. The average Bonchev–Trinajstić information content (AvgIpc) is 1.88. The van der Waals surface area contributed by atoms with Crippen molar-refractivity contribution in [3.05, 3.63) is 24.6 Å². The van der Waals surface area contributed by atoms with Crippen molar-refractivity contribution < 1.29 is 21.1 Å². The summed E-state index contributed by atoms with van der Waals surface area (Å²) in [6.07, 6.45) is 0. The van der Waals surface area contributed by atoms with Crippen molar-refractivity contribution in [1.82, 2.24) is 0 Å². The maximum absolute atomic E-state index is 6.33. The first-order valence-corrected chi connectivity index (χ1v) is 2.47.